The van der Waals surface area contributed by atoms with E-state index in [1.54, 1.807) is 0 Å². The molecule has 1 nitrogen and oxygen atoms in total. The van der Waals surface area contributed by atoms with Crippen LogP contribution < -0.4 is 4.90 Å². The standard InChI is InChI=1S/C67H61N/c1-45(2)46-27-29-50(30-28-46)66(49-19-11-9-12-20-49)60-25-17-15-23-56(60)58-41-39-54(43-62(58)66)68(53-21-13-10-14-22-53)55-40-42-59-57-24-16-18-26-61(57)67(63(59)44-55,51-35-31-47(32-36-51)64(3,4)5)52-37-33-48(34-38-52)65(6,7)8/h9-45H,1-8H3. The predicted molar refractivity (Wildman–Crippen MR) is 287 cm³/mol. The van der Waals surface area contributed by atoms with Gasteiger partial charge in [-0.3, -0.25) is 0 Å². The van der Waals surface area contributed by atoms with Crippen molar-refractivity contribution in [3.63, 3.8) is 0 Å². The molecule has 2 aliphatic carbocycles. The fraction of sp³-hybridized carbons (Fsp3) is 0.194. The molecule has 0 amide bonds. The first-order chi connectivity index (χ1) is 32.8. The topological polar surface area (TPSA) is 3.24 Å². The third-order valence-corrected chi connectivity index (χ3v) is 15.2. The summed E-state index contributed by atoms with van der Waals surface area (Å²) in [5.74, 6) is 0.440. The number of hydrogen-bond donors (Lipinski definition) is 0. The molecule has 2 aliphatic rings. The Kier molecular flexibility index (Phi) is 10.4. The third kappa shape index (κ3) is 6.73. The summed E-state index contributed by atoms with van der Waals surface area (Å²) in [6.07, 6.45) is 0. The van der Waals surface area contributed by atoms with Gasteiger partial charge < -0.3 is 4.90 Å². The Labute approximate surface area is 404 Å². The zero-order valence-electron chi connectivity index (χ0n) is 40.8. The van der Waals surface area contributed by atoms with Gasteiger partial charge in [0.15, 0.2) is 0 Å². The van der Waals surface area contributed by atoms with Crippen LogP contribution in [0, 0.1) is 0 Å². The number of hydrogen-bond acceptors (Lipinski definition) is 1. The van der Waals surface area contributed by atoms with Gasteiger partial charge in [0.2, 0.25) is 0 Å². The van der Waals surface area contributed by atoms with Crippen molar-refractivity contribution in [3.8, 4) is 22.3 Å². The molecule has 0 radical (unpaired) electrons. The van der Waals surface area contributed by atoms with E-state index in [1.807, 2.05) is 0 Å². The van der Waals surface area contributed by atoms with Crippen molar-refractivity contribution in [3.05, 3.63) is 280 Å². The normalized spacial score (nSPS) is 15.7. The van der Waals surface area contributed by atoms with Crippen molar-refractivity contribution in [1.82, 2.24) is 0 Å². The van der Waals surface area contributed by atoms with Gasteiger partial charge in [-0.2, -0.15) is 0 Å². The van der Waals surface area contributed by atoms with Gasteiger partial charge in [0.1, 0.15) is 0 Å². The molecule has 0 bridgehead atoms. The first-order valence-corrected chi connectivity index (χ1v) is 24.5. The molecule has 0 saturated carbocycles. The highest BCUT2D eigenvalue weighted by Gasteiger charge is 2.48. The molecule has 9 aromatic rings. The van der Waals surface area contributed by atoms with Gasteiger partial charge in [-0.25, -0.2) is 0 Å². The average Bonchev–Trinajstić information content (AvgIpc) is 3.82. The molecule has 0 fully saturated rings. The summed E-state index contributed by atoms with van der Waals surface area (Å²) >= 11 is 0. The molecule has 1 atom stereocenters. The number of anilines is 3. The second kappa shape index (κ2) is 16.2. The van der Waals surface area contributed by atoms with Crippen LogP contribution in [0.4, 0.5) is 17.1 Å². The minimum Gasteiger partial charge on any atom is -0.310 e. The zero-order valence-corrected chi connectivity index (χ0v) is 40.8. The van der Waals surface area contributed by atoms with Crippen LogP contribution in [0.2, 0.25) is 0 Å². The van der Waals surface area contributed by atoms with Crippen LogP contribution in [-0.4, -0.2) is 0 Å². The van der Waals surface area contributed by atoms with E-state index >= 15 is 0 Å². The molecule has 1 unspecified atom stereocenters. The van der Waals surface area contributed by atoms with E-state index in [0.717, 1.165) is 17.1 Å². The Morgan fingerprint density at radius 2 is 0.676 bits per heavy atom. The lowest BCUT2D eigenvalue weighted by Crippen LogP contribution is -2.29. The SMILES string of the molecule is CC(C)c1ccc(C2(c3ccccc3)c3ccccc3-c3ccc(N(c4ccccc4)c4ccc5c(c4)C(c4ccc(C(C)(C)C)cc4)(c4ccc(C(C)(C)C)cc4)c4ccccc4-5)cc32)cc1. The molecular weight excluding hydrogens is 819 g/mol. The lowest BCUT2D eigenvalue weighted by molar-refractivity contribution is 0.588. The number of benzene rings is 9. The highest BCUT2D eigenvalue weighted by molar-refractivity contribution is 5.92. The van der Waals surface area contributed by atoms with E-state index in [-0.39, 0.29) is 10.8 Å². The van der Waals surface area contributed by atoms with Crippen molar-refractivity contribution < 1.29 is 0 Å². The summed E-state index contributed by atoms with van der Waals surface area (Å²) in [6.45, 7) is 18.4. The summed E-state index contributed by atoms with van der Waals surface area (Å²) in [5, 5.41) is 0. The van der Waals surface area contributed by atoms with Crippen molar-refractivity contribution in [1.29, 1.82) is 0 Å². The van der Waals surface area contributed by atoms with Crippen LogP contribution in [0.5, 0.6) is 0 Å². The second-order valence-corrected chi connectivity index (χ2v) is 21.5. The van der Waals surface area contributed by atoms with E-state index in [4.69, 9.17) is 0 Å². The van der Waals surface area contributed by atoms with Gasteiger partial charge in [0.25, 0.3) is 0 Å². The van der Waals surface area contributed by atoms with E-state index in [0.29, 0.717) is 5.92 Å². The Balaban J connectivity index is 1.17. The molecule has 1 heteroatoms. The molecular formula is C67H61N. The van der Waals surface area contributed by atoms with Gasteiger partial charge in [-0.15, -0.1) is 0 Å². The highest BCUT2D eigenvalue weighted by atomic mass is 15.1. The second-order valence-electron chi connectivity index (χ2n) is 21.5. The fourth-order valence-corrected chi connectivity index (χ4v) is 11.7. The Bertz CT molecular complexity index is 3230. The van der Waals surface area contributed by atoms with Crippen LogP contribution in [-0.2, 0) is 21.7 Å². The molecule has 0 aliphatic heterocycles. The predicted octanol–water partition coefficient (Wildman–Crippen LogP) is 17.6. The van der Waals surface area contributed by atoms with Crippen LogP contribution in [0.15, 0.2) is 218 Å². The Hall–Kier alpha value is -7.22. The van der Waals surface area contributed by atoms with Crippen molar-refractivity contribution >= 4 is 17.1 Å². The highest BCUT2D eigenvalue weighted by Crippen LogP contribution is 2.60. The fourth-order valence-electron chi connectivity index (χ4n) is 11.7. The van der Waals surface area contributed by atoms with E-state index in [9.17, 15) is 0 Å². The van der Waals surface area contributed by atoms with Gasteiger partial charge in [0.05, 0.1) is 10.8 Å². The Morgan fingerprint density at radius 1 is 0.324 bits per heavy atom. The monoisotopic (exact) mass is 879 g/mol. The molecule has 0 saturated heterocycles. The minimum absolute atomic E-state index is 0.0295. The van der Waals surface area contributed by atoms with Crippen molar-refractivity contribution in [2.45, 2.75) is 83.0 Å². The number of fused-ring (bicyclic) bond motifs is 6. The summed E-state index contributed by atoms with van der Waals surface area (Å²) < 4.78 is 0. The summed E-state index contributed by atoms with van der Waals surface area (Å²) in [7, 11) is 0. The van der Waals surface area contributed by atoms with Crippen molar-refractivity contribution in [2.24, 2.45) is 0 Å². The third-order valence-electron chi connectivity index (χ3n) is 15.2. The average molecular weight is 880 g/mol. The molecule has 0 N–H and O–H groups in total. The van der Waals surface area contributed by atoms with Gasteiger partial charge >= 0.3 is 0 Å². The number of para-hydroxylation sites is 1. The van der Waals surface area contributed by atoms with Crippen molar-refractivity contribution in [2.75, 3.05) is 4.90 Å². The van der Waals surface area contributed by atoms with Crippen LogP contribution in [0.25, 0.3) is 22.3 Å². The quantitative estimate of drug-likeness (QED) is 0.147. The smallest absolute Gasteiger partial charge is 0.0714 e. The molecule has 0 aromatic heterocycles. The summed E-state index contributed by atoms with van der Waals surface area (Å²) in [6, 6.07) is 83.3. The zero-order chi connectivity index (χ0) is 47.0. The molecule has 9 aromatic carbocycles. The molecule has 0 spiro atoms. The van der Waals surface area contributed by atoms with Gasteiger partial charge in [-0.1, -0.05) is 237 Å². The van der Waals surface area contributed by atoms with Gasteiger partial charge in [0, 0.05) is 17.1 Å². The maximum absolute atomic E-state index is 2.51. The van der Waals surface area contributed by atoms with Crippen LogP contribution in [0.1, 0.15) is 123 Å². The van der Waals surface area contributed by atoms with Crippen LogP contribution in [0.3, 0.4) is 0 Å². The minimum atomic E-state index is -0.568. The lowest BCUT2D eigenvalue weighted by Gasteiger charge is -2.36. The Morgan fingerprint density at radius 3 is 1.09 bits per heavy atom. The molecule has 68 heavy (non-hydrogen) atoms. The van der Waals surface area contributed by atoms with E-state index < -0.39 is 10.8 Å². The lowest BCUT2D eigenvalue weighted by atomic mass is 9.67. The maximum atomic E-state index is 2.51. The summed E-state index contributed by atoms with van der Waals surface area (Å²) in [5.41, 5.74) is 21.7. The molecule has 334 valence electrons. The first-order valence-electron chi connectivity index (χ1n) is 24.5. The molecule has 11 rings (SSSR count). The first kappa shape index (κ1) is 43.4. The van der Waals surface area contributed by atoms with E-state index in [1.165, 1.54) is 83.5 Å². The van der Waals surface area contributed by atoms with Gasteiger partial charge in [-0.05, 0) is 137 Å². The van der Waals surface area contributed by atoms with Crippen LogP contribution >= 0.6 is 0 Å². The maximum Gasteiger partial charge on any atom is 0.0714 e. The number of rotatable bonds is 8. The van der Waals surface area contributed by atoms with E-state index in [2.05, 4.69) is 279 Å². The molecule has 0 heterocycles. The largest absolute Gasteiger partial charge is 0.310 e. The number of nitrogens with zero attached hydrogens (tertiary/aromatic N) is 1. The summed E-state index contributed by atoms with van der Waals surface area (Å²) in [4.78, 5) is 2.49.